The summed E-state index contributed by atoms with van der Waals surface area (Å²) in [6, 6.07) is 16.2. The molecule has 0 atom stereocenters. The third-order valence-electron chi connectivity index (χ3n) is 5.05. The van der Waals surface area contributed by atoms with Gasteiger partial charge in [0.05, 0.1) is 12.4 Å². The van der Waals surface area contributed by atoms with Crippen molar-refractivity contribution in [2.24, 2.45) is 31.9 Å². The number of nitrogens with zero attached hydrogens (tertiary/aromatic N) is 6. The van der Waals surface area contributed by atoms with Gasteiger partial charge in [0.15, 0.2) is 11.7 Å². The Labute approximate surface area is 191 Å². The maximum Gasteiger partial charge on any atom is 0.190 e. The second kappa shape index (κ2) is 12.9. The Morgan fingerprint density at radius 3 is 1.22 bits per heavy atom. The van der Waals surface area contributed by atoms with Crippen LogP contribution in [0.25, 0.3) is 0 Å². The van der Waals surface area contributed by atoms with Crippen molar-refractivity contribution in [2.45, 2.75) is 27.7 Å². The van der Waals surface area contributed by atoms with Crippen molar-refractivity contribution in [3.05, 3.63) is 59.7 Å². The van der Waals surface area contributed by atoms with E-state index >= 15 is 0 Å². The average molecular weight is 435 g/mol. The van der Waals surface area contributed by atoms with Gasteiger partial charge in [-0.15, -0.1) is 10.2 Å². The zero-order chi connectivity index (χ0) is 23.3. The molecule has 0 aliphatic heterocycles. The minimum atomic E-state index is 0.00930. The lowest BCUT2D eigenvalue weighted by Gasteiger charge is -2.20. The first kappa shape index (κ1) is 24.6. The fourth-order valence-electron chi connectivity index (χ4n) is 3.14. The molecule has 0 aliphatic carbocycles. The first-order valence-electron chi connectivity index (χ1n) is 11.0. The van der Waals surface area contributed by atoms with Crippen molar-refractivity contribution >= 4 is 35.5 Å². The van der Waals surface area contributed by atoms with E-state index in [1.807, 2.05) is 24.3 Å². The van der Waals surface area contributed by atoms with Gasteiger partial charge in [-0.25, -0.2) is 0 Å². The molecule has 0 aliphatic rings. The van der Waals surface area contributed by atoms with Gasteiger partial charge in [0.2, 0.25) is 0 Å². The van der Waals surface area contributed by atoms with E-state index in [-0.39, 0.29) is 11.7 Å². The SMILES string of the molecule is CCN(CC)c1ccc(\C=N/N=C(N)/C(N)=N\N=C/c2ccc(N(CC)CC)cc2)cc1. The monoisotopic (exact) mass is 434 g/mol. The number of anilines is 2. The first-order chi connectivity index (χ1) is 15.5. The van der Waals surface area contributed by atoms with Crippen molar-refractivity contribution in [2.75, 3.05) is 36.0 Å². The molecule has 0 saturated carbocycles. The van der Waals surface area contributed by atoms with Gasteiger partial charge in [-0.2, -0.15) is 10.2 Å². The van der Waals surface area contributed by atoms with Crippen LogP contribution in [0.4, 0.5) is 11.4 Å². The van der Waals surface area contributed by atoms with Crippen LogP contribution in [-0.4, -0.2) is 50.3 Å². The van der Waals surface area contributed by atoms with Crippen LogP contribution in [0.3, 0.4) is 0 Å². The van der Waals surface area contributed by atoms with Crippen molar-refractivity contribution in [1.82, 2.24) is 0 Å². The van der Waals surface area contributed by atoms with Crippen molar-refractivity contribution in [1.29, 1.82) is 0 Å². The largest absolute Gasteiger partial charge is 0.379 e. The van der Waals surface area contributed by atoms with Crippen LogP contribution in [0.1, 0.15) is 38.8 Å². The Balaban J connectivity index is 1.96. The lowest BCUT2D eigenvalue weighted by Crippen LogP contribution is -2.30. The molecule has 0 spiro atoms. The normalized spacial score (nSPS) is 12.6. The predicted octanol–water partition coefficient (Wildman–Crippen LogP) is 3.46. The summed E-state index contributed by atoms with van der Waals surface area (Å²) in [6.07, 6.45) is 3.24. The van der Waals surface area contributed by atoms with Gasteiger partial charge in [0.1, 0.15) is 0 Å². The molecule has 8 nitrogen and oxygen atoms in total. The quantitative estimate of drug-likeness (QED) is 0.339. The van der Waals surface area contributed by atoms with Crippen LogP contribution < -0.4 is 21.3 Å². The van der Waals surface area contributed by atoms with E-state index in [9.17, 15) is 0 Å². The third-order valence-corrected chi connectivity index (χ3v) is 5.05. The zero-order valence-corrected chi connectivity index (χ0v) is 19.4. The summed E-state index contributed by atoms with van der Waals surface area (Å²) in [5, 5.41) is 15.8. The summed E-state index contributed by atoms with van der Waals surface area (Å²) >= 11 is 0. The van der Waals surface area contributed by atoms with Crippen LogP contribution in [0.5, 0.6) is 0 Å². The van der Waals surface area contributed by atoms with Gasteiger partial charge in [-0.05, 0) is 63.1 Å². The van der Waals surface area contributed by atoms with E-state index in [0.717, 1.165) is 37.3 Å². The molecule has 0 amide bonds. The van der Waals surface area contributed by atoms with Gasteiger partial charge in [0.25, 0.3) is 0 Å². The first-order valence-corrected chi connectivity index (χ1v) is 11.0. The lowest BCUT2D eigenvalue weighted by molar-refractivity contribution is 0.866. The summed E-state index contributed by atoms with van der Waals surface area (Å²) in [5.74, 6) is 0.0186. The molecule has 0 unspecified atom stereocenters. The summed E-state index contributed by atoms with van der Waals surface area (Å²) in [5.41, 5.74) is 15.9. The Morgan fingerprint density at radius 2 is 0.938 bits per heavy atom. The Bertz CT molecular complexity index is 855. The fourth-order valence-corrected chi connectivity index (χ4v) is 3.14. The summed E-state index contributed by atoms with van der Waals surface area (Å²) < 4.78 is 0. The highest BCUT2D eigenvalue weighted by molar-refractivity contribution is 6.39. The van der Waals surface area contributed by atoms with Crippen LogP contribution in [-0.2, 0) is 0 Å². The highest BCUT2D eigenvalue weighted by Gasteiger charge is 2.02. The molecule has 8 heteroatoms. The molecule has 0 fully saturated rings. The summed E-state index contributed by atoms with van der Waals surface area (Å²) in [7, 11) is 0. The molecular formula is C24H34N8. The van der Waals surface area contributed by atoms with E-state index in [0.29, 0.717) is 0 Å². The van der Waals surface area contributed by atoms with Crippen LogP contribution in [0.15, 0.2) is 68.9 Å². The third kappa shape index (κ3) is 7.23. The van der Waals surface area contributed by atoms with Crippen molar-refractivity contribution in [3.8, 4) is 0 Å². The van der Waals surface area contributed by atoms with Gasteiger partial charge >= 0.3 is 0 Å². The average Bonchev–Trinajstić information content (AvgIpc) is 2.82. The van der Waals surface area contributed by atoms with Crippen LogP contribution in [0.2, 0.25) is 0 Å². The molecule has 170 valence electrons. The number of rotatable bonds is 10. The smallest absolute Gasteiger partial charge is 0.190 e. The number of hydrogen-bond donors (Lipinski definition) is 2. The second-order valence-corrected chi connectivity index (χ2v) is 6.99. The number of hydrogen-bond acceptors (Lipinski definition) is 6. The standard InChI is InChI=1S/C24H34N8/c1-5-31(6-2)21-13-9-19(10-14-21)17-27-29-23(25)24(26)30-28-18-20-11-15-22(16-12-20)32(7-3)8-4/h9-18H,5-8H2,1-4H3,(H2,25,29)(H2,26,30)/b27-17-,28-18-. The van der Waals surface area contributed by atoms with E-state index < -0.39 is 0 Å². The molecular weight excluding hydrogens is 400 g/mol. The summed E-state index contributed by atoms with van der Waals surface area (Å²) in [6.45, 7) is 12.4. The molecule has 0 saturated heterocycles. The minimum absolute atomic E-state index is 0.00930. The number of amidine groups is 2. The lowest BCUT2D eigenvalue weighted by atomic mass is 10.2. The molecule has 0 heterocycles. The second-order valence-electron chi connectivity index (χ2n) is 6.99. The topological polar surface area (TPSA) is 108 Å². The van der Waals surface area contributed by atoms with Gasteiger partial charge in [-0.3, -0.25) is 0 Å². The van der Waals surface area contributed by atoms with Gasteiger partial charge in [-0.1, -0.05) is 24.3 Å². The predicted molar refractivity (Wildman–Crippen MR) is 138 cm³/mol. The van der Waals surface area contributed by atoms with E-state index in [4.69, 9.17) is 11.5 Å². The Morgan fingerprint density at radius 1 is 0.625 bits per heavy atom. The minimum Gasteiger partial charge on any atom is -0.379 e. The molecule has 0 radical (unpaired) electrons. The molecule has 0 bridgehead atoms. The number of nitrogens with two attached hydrogens (primary N) is 2. The van der Waals surface area contributed by atoms with Crippen LogP contribution >= 0.6 is 0 Å². The molecule has 2 aromatic carbocycles. The Kier molecular flexibility index (Phi) is 9.90. The number of benzene rings is 2. The molecule has 2 rings (SSSR count). The van der Waals surface area contributed by atoms with Crippen molar-refractivity contribution < 1.29 is 0 Å². The maximum absolute atomic E-state index is 5.84. The summed E-state index contributed by atoms with van der Waals surface area (Å²) in [4.78, 5) is 4.54. The molecule has 2 aromatic rings. The van der Waals surface area contributed by atoms with Crippen LogP contribution in [0, 0.1) is 0 Å². The van der Waals surface area contributed by atoms with E-state index in [1.54, 1.807) is 12.4 Å². The molecule has 4 N–H and O–H groups in total. The molecule has 32 heavy (non-hydrogen) atoms. The zero-order valence-electron chi connectivity index (χ0n) is 19.4. The van der Waals surface area contributed by atoms with Crippen molar-refractivity contribution in [3.63, 3.8) is 0 Å². The fraction of sp³-hybridized carbons (Fsp3) is 0.333. The van der Waals surface area contributed by atoms with Gasteiger partial charge in [0, 0.05) is 37.6 Å². The van der Waals surface area contributed by atoms with E-state index in [2.05, 4.69) is 82.2 Å². The highest BCUT2D eigenvalue weighted by atomic mass is 15.3. The maximum atomic E-state index is 5.84. The van der Waals surface area contributed by atoms with E-state index in [1.165, 1.54) is 11.4 Å². The highest BCUT2D eigenvalue weighted by Crippen LogP contribution is 2.15. The van der Waals surface area contributed by atoms with Gasteiger partial charge < -0.3 is 21.3 Å². The molecule has 0 aromatic heterocycles. The Hall–Kier alpha value is -3.68.